The highest BCUT2D eigenvalue weighted by atomic mass is 35.5. The maximum absolute atomic E-state index is 13.4. The second-order valence-corrected chi connectivity index (χ2v) is 8.17. The molecule has 2 N–H and O–H groups in total. The zero-order valence-corrected chi connectivity index (χ0v) is 17.9. The molecule has 3 aromatic carbocycles. The van der Waals surface area contributed by atoms with Crippen molar-refractivity contribution in [1.29, 1.82) is 0 Å². The maximum Gasteiger partial charge on any atom is 0.416 e. The first kappa shape index (κ1) is 22.6. The monoisotopic (exact) mass is 480 g/mol. The third-order valence-corrected chi connectivity index (χ3v) is 5.84. The number of anilines is 1. The van der Waals surface area contributed by atoms with Gasteiger partial charge in [0.15, 0.2) is 0 Å². The van der Waals surface area contributed by atoms with Gasteiger partial charge < -0.3 is 5.11 Å². The summed E-state index contributed by atoms with van der Waals surface area (Å²) in [6, 6.07) is 15.9. The molecule has 9 heteroatoms. The Morgan fingerprint density at radius 1 is 1.03 bits per heavy atom. The molecule has 2 atom stereocenters. The van der Waals surface area contributed by atoms with Crippen LogP contribution in [0.3, 0.4) is 0 Å². The highest BCUT2D eigenvalue weighted by Crippen LogP contribution is 2.46. The number of nitrogens with zero attached hydrogens (tertiary/aromatic N) is 1. The number of hydrogen-bond donors (Lipinski definition) is 2. The van der Waals surface area contributed by atoms with E-state index in [0.717, 1.165) is 17.7 Å². The SMILES string of the molecule is O=C1C(c2ccc(C(F)(F)F)cc2)c2c(Cl)cc(Cl)cc2N1N[C@H](CO)c1ccccc1. The fourth-order valence-electron chi connectivity index (χ4n) is 3.78. The number of aliphatic hydroxyl groups excluding tert-OH is 1. The number of amides is 1. The van der Waals surface area contributed by atoms with Crippen molar-refractivity contribution in [3.63, 3.8) is 0 Å². The first-order valence-corrected chi connectivity index (χ1v) is 10.4. The van der Waals surface area contributed by atoms with Gasteiger partial charge in [-0.05, 0) is 35.4 Å². The summed E-state index contributed by atoms with van der Waals surface area (Å²) in [5, 5.41) is 11.7. The zero-order chi connectivity index (χ0) is 23.0. The van der Waals surface area contributed by atoms with E-state index >= 15 is 0 Å². The van der Waals surface area contributed by atoms with Gasteiger partial charge in [0.25, 0.3) is 5.91 Å². The van der Waals surface area contributed by atoms with Gasteiger partial charge in [-0.3, -0.25) is 4.79 Å². The number of carbonyl (C=O) groups excluding carboxylic acids is 1. The Balaban J connectivity index is 1.75. The van der Waals surface area contributed by atoms with Crippen molar-refractivity contribution in [3.8, 4) is 0 Å². The number of fused-ring (bicyclic) bond motifs is 1. The lowest BCUT2D eigenvalue weighted by atomic mass is 9.92. The van der Waals surface area contributed by atoms with Gasteiger partial charge in [0.05, 0.1) is 29.8 Å². The minimum atomic E-state index is -4.49. The number of alkyl halides is 3. The van der Waals surface area contributed by atoms with Crippen LogP contribution in [0.4, 0.5) is 18.9 Å². The Morgan fingerprint density at radius 3 is 2.28 bits per heavy atom. The molecule has 166 valence electrons. The van der Waals surface area contributed by atoms with E-state index in [1.54, 1.807) is 30.3 Å². The van der Waals surface area contributed by atoms with Crippen LogP contribution >= 0.6 is 23.2 Å². The van der Waals surface area contributed by atoms with Crippen molar-refractivity contribution in [2.45, 2.75) is 18.1 Å². The molecular weight excluding hydrogens is 464 g/mol. The summed E-state index contributed by atoms with van der Waals surface area (Å²) in [4.78, 5) is 13.4. The summed E-state index contributed by atoms with van der Waals surface area (Å²) < 4.78 is 38.9. The van der Waals surface area contributed by atoms with E-state index in [2.05, 4.69) is 5.43 Å². The number of halogens is 5. The average molecular weight is 481 g/mol. The molecule has 0 radical (unpaired) electrons. The second kappa shape index (κ2) is 8.75. The number of benzene rings is 3. The van der Waals surface area contributed by atoms with E-state index < -0.39 is 29.6 Å². The topological polar surface area (TPSA) is 52.6 Å². The van der Waals surface area contributed by atoms with Crippen LogP contribution < -0.4 is 10.4 Å². The molecule has 0 spiro atoms. The van der Waals surface area contributed by atoms with E-state index in [9.17, 15) is 23.1 Å². The molecule has 32 heavy (non-hydrogen) atoms. The Bertz CT molecular complexity index is 1140. The second-order valence-electron chi connectivity index (χ2n) is 7.32. The van der Waals surface area contributed by atoms with Crippen LogP contribution in [0.15, 0.2) is 66.7 Å². The van der Waals surface area contributed by atoms with Crippen LogP contribution in [0.2, 0.25) is 10.0 Å². The third kappa shape index (κ3) is 4.21. The van der Waals surface area contributed by atoms with E-state index in [-0.39, 0.29) is 11.6 Å². The minimum Gasteiger partial charge on any atom is -0.394 e. The van der Waals surface area contributed by atoms with Crippen LogP contribution in [-0.2, 0) is 11.0 Å². The molecule has 1 unspecified atom stereocenters. The quantitative estimate of drug-likeness (QED) is 0.490. The van der Waals surface area contributed by atoms with Crippen molar-refractivity contribution >= 4 is 34.8 Å². The molecule has 4 nitrogen and oxygen atoms in total. The molecule has 3 aromatic rings. The number of aliphatic hydroxyl groups is 1. The molecule has 0 bridgehead atoms. The van der Waals surface area contributed by atoms with Crippen LogP contribution in [0.5, 0.6) is 0 Å². The minimum absolute atomic E-state index is 0.218. The molecule has 0 aromatic heterocycles. The predicted molar refractivity (Wildman–Crippen MR) is 117 cm³/mol. The van der Waals surface area contributed by atoms with Gasteiger partial charge in [0, 0.05) is 15.6 Å². The molecular formula is C23H17Cl2F3N2O2. The lowest BCUT2D eigenvalue weighted by Crippen LogP contribution is -2.44. The van der Waals surface area contributed by atoms with Crippen molar-refractivity contribution in [2.75, 3.05) is 11.6 Å². The number of nitrogens with one attached hydrogen (secondary N) is 1. The molecule has 1 amide bonds. The highest BCUT2D eigenvalue weighted by molar-refractivity contribution is 6.36. The van der Waals surface area contributed by atoms with E-state index in [1.807, 2.05) is 6.07 Å². The van der Waals surface area contributed by atoms with Gasteiger partial charge in [-0.25, -0.2) is 10.4 Å². The molecule has 0 aliphatic carbocycles. The lowest BCUT2D eigenvalue weighted by Gasteiger charge is -2.26. The number of hydrogen-bond acceptors (Lipinski definition) is 3. The van der Waals surface area contributed by atoms with Gasteiger partial charge >= 0.3 is 6.18 Å². The molecule has 1 heterocycles. The Labute approximate surface area is 192 Å². The Morgan fingerprint density at radius 2 is 1.69 bits per heavy atom. The molecule has 1 aliphatic rings. The van der Waals surface area contributed by atoms with Crippen LogP contribution in [0.25, 0.3) is 0 Å². The summed E-state index contributed by atoms with van der Waals surface area (Å²) in [5.41, 5.74) is 4.12. The largest absolute Gasteiger partial charge is 0.416 e. The fourth-order valence-corrected chi connectivity index (χ4v) is 4.37. The highest BCUT2D eigenvalue weighted by Gasteiger charge is 2.42. The van der Waals surface area contributed by atoms with Gasteiger partial charge in [-0.1, -0.05) is 65.7 Å². The van der Waals surface area contributed by atoms with Crippen molar-refractivity contribution in [2.24, 2.45) is 0 Å². The molecule has 0 saturated carbocycles. The van der Waals surface area contributed by atoms with Crippen molar-refractivity contribution < 1.29 is 23.1 Å². The number of rotatable bonds is 5. The molecule has 0 saturated heterocycles. The normalized spacial score (nSPS) is 16.9. The molecule has 4 rings (SSSR count). The fraction of sp³-hybridized carbons (Fsp3) is 0.174. The van der Waals surface area contributed by atoms with Crippen LogP contribution in [0, 0.1) is 0 Å². The van der Waals surface area contributed by atoms with Gasteiger partial charge in [-0.15, -0.1) is 0 Å². The smallest absolute Gasteiger partial charge is 0.394 e. The summed E-state index contributed by atoms with van der Waals surface area (Å²) in [7, 11) is 0. The van der Waals surface area contributed by atoms with E-state index in [1.165, 1.54) is 23.2 Å². The van der Waals surface area contributed by atoms with Gasteiger partial charge in [0.2, 0.25) is 0 Å². The van der Waals surface area contributed by atoms with Gasteiger partial charge in [0.1, 0.15) is 0 Å². The number of hydrazine groups is 1. The summed E-state index contributed by atoms with van der Waals surface area (Å²) >= 11 is 12.6. The predicted octanol–water partition coefficient (Wildman–Crippen LogP) is 5.73. The first-order chi connectivity index (χ1) is 15.2. The standard InChI is InChI=1S/C23H17Cl2F3N2O2/c24-16-10-17(25)21-19(11-16)30(29-18(12-31)13-4-2-1-3-5-13)22(32)20(21)14-6-8-15(9-7-14)23(26,27)28/h1-11,18,20,29,31H,12H2/t18-,20?/m1/s1. The van der Waals surface area contributed by atoms with Crippen LogP contribution in [0.1, 0.15) is 34.2 Å². The first-order valence-electron chi connectivity index (χ1n) is 9.62. The average Bonchev–Trinajstić information content (AvgIpc) is 3.03. The Hall–Kier alpha value is -2.58. The Kier molecular flexibility index (Phi) is 6.18. The maximum atomic E-state index is 13.4. The molecule has 0 fully saturated rings. The summed E-state index contributed by atoms with van der Waals surface area (Å²) in [6.07, 6.45) is -4.49. The zero-order valence-electron chi connectivity index (χ0n) is 16.4. The third-order valence-electron chi connectivity index (χ3n) is 5.31. The van der Waals surface area contributed by atoms with Crippen molar-refractivity contribution in [1.82, 2.24) is 5.43 Å². The number of carbonyl (C=O) groups is 1. The molecule has 1 aliphatic heterocycles. The van der Waals surface area contributed by atoms with Crippen LogP contribution in [-0.4, -0.2) is 17.6 Å². The van der Waals surface area contributed by atoms with Gasteiger partial charge in [-0.2, -0.15) is 13.2 Å². The summed E-state index contributed by atoms with van der Waals surface area (Å²) in [6.45, 7) is -0.303. The van der Waals surface area contributed by atoms with E-state index in [0.29, 0.717) is 21.8 Å². The van der Waals surface area contributed by atoms with E-state index in [4.69, 9.17) is 23.2 Å². The lowest BCUT2D eigenvalue weighted by molar-refractivity contribution is -0.137. The summed E-state index contributed by atoms with van der Waals surface area (Å²) in [5.74, 6) is -1.38. The van der Waals surface area contributed by atoms with Crippen molar-refractivity contribution in [3.05, 3.63) is 99.0 Å².